The Balaban J connectivity index is -0.0000000450. The molecular formula is C3H6LaO9. The third kappa shape index (κ3) is 167. The molecule has 0 rings (SSSR count). The second kappa shape index (κ2) is 42.0. The molecule has 0 atom stereocenters. The number of hydrogen-bond donors (Lipinski definition) is 3. The molecule has 3 N–H and O–H groups in total. The summed E-state index contributed by atoms with van der Waals surface area (Å²) in [5.41, 5.74) is 0. The van der Waals surface area contributed by atoms with Crippen molar-refractivity contribution in [2.45, 2.75) is 0 Å². The molecule has 0 fully saturated rings. The van der Waals surface area contributed by atoms with E-state index in [0.717, 1.165) is 0 Å². The van der Waals surface area contributed by atoms with Gasteiger partial charge in [0.25, 0.3) is 0 Å². The van der Waals surface area contributed by atoms with E-state index in [1.54, 1.807) is 0 Å². The quantitative estimate of drug-likeness (QED) is 0.255. The third-order valence-electron chi connectivity index (χ3n) is 0.129. The molecule has 0 saturated heterocycles. The molecule has 0 heterocycles. The fraction of sp³-hybridized carbons (Fsp3) is 0. The molecule has 0 bridgehead atoms. The van der Waals surface area contributed by atoms with E-state index >= 15 is 0 Å². The van der Waals surface area contributed by atoms with E-state index in [4.69, 9.17) is 30.2 Å². The molecule has 0 aromatic rings. The number of rotatable bonds is 3. The number of carbonyl (C=O) groups is 3. The molecule has 0 unspecified atom stereocenters. The van der Waals surface area contributed by atoms with E-state index in [2.05, 4.69) is 14.7 Å². The second-order valence-electron chi connectivity index (χ2n) is 0.605. The van der Waals surface area contributed by atoms with Gasteiger partial charge in [-0.3, -0.25) is 14.4 Å². The average Bonchev–Trinajstić information content (AvgIpc) is 2.18. The normalized spacial score (nSPS) is 4.85. The van der Waals surface area contributed by atoms with Crippen molar-refractivity contribution in [3.63, 3.8) is 0 Å². The maximum atomic E-state index is 8.70. The molecule has 10 heteroatoms. The van der Waals surface area contributed by atoms with E-state index in [0.29, 0.717) is 0 Å². The Morgan fingerprint density at radius 1 is 0.692 bits per heavy atom. The molecule has 0 amide bonds. The molecule has 0 aromatic heterocycles. The van der Waals surface area contributed by atoms with E-state index in [9.17, 15) is 0 Å². The first-order valence-electron chi connectivity index (χ1n) is 1.96. The molecular weight excluding hydrogens is 319 g/mol. The van der Waals surface area contributed by atoms with Crippen molar-refractivity contribution in [2.75, 3.05) is 0 Å². The van der Waals surface area contributed by atoms with Gasteiger partial charge in [-0.15, -0.1) is 0 Å². The predicted octanol–water partition coefficient (Wildman–Crippen LogP) is -1.10. The van der Waals surface area contributed by atoms with Crippen LogP contribution in [-0.4, -0.2) is 35.2 Å². The van der Waals surface area contributed by atoms with Gasteiger partial charge in [-0.05, 0) is 0 Å². The number of hydrogen-bond acceptors (Lipinski definition) is 9. The summed E-state index contributed by atoms with van der Waals surface area (Å²) < 4.78 is 0. The van der Waals surface area contributed by atoms with Crippen molar-refractivity contribution in [2.24, 2.45) is 0 Å². The van der Waals surface area contributed by atoms with Gasteiger partial charge in [0.2, 0.25) is 0 Å². The fourth-order valence-electron chi connectivity index (χ4n) is 0. The average molecular weight is 325 g/mol. The summed E-state index contributed by atoms with van der Waals surface area (Å²) >= 11 is 0. The summed E-state index contributed by atoms with van der Waals surface area (Å²) in [6.45, 7) is -0.208. The van der Waals surface area contributed by atoms with Crippen molar-refractivity contribution < 1.29 is 80.4 Å². The molecule has 1 radical (unpaired) electrons. The van der Waals surface area contributed by atoms with Gasteiger partial charge in [-0.2, -0.15) is 0 Å². The first kappa shape index (κ1) is 22.9. The first-order chi connectivity index (χ1) is 5.74. The molecule has 75 valence electrons. The monoisotopic (exact) mass is 325 g/mol. The van der Waals surface area contributed by atoms with Crippen LogP contribution in [0.15, 0.2) is 0 Å². The Labute approximate surface area is 99.6 Å². The van der Waals surface area contributed by atoms with Gasteiger partial charge in [0, 0.05) is 35.6 Å². The molecule has 0 aliphatic rings. The Morgan fingerprint density at radius 2 is 0.769 bits per heavy atom. The first-order valence-corrected chi connectivity index (χ1v) is 1.96. The summed E-state index contributed by atoms with van der Waals surface area (Å²) in [5.74, 6) is 0. The maximum absolute atomic E-state index is 8.70. The van der Waals surface area contributed by atoms with Crippen molar-refractivity contribution in [3.05, 3.63) is 0 Å². The summed E-state index contributed by atoms with van der Waals surface area (Å²) in [6.07, 6.45) is 0. The Kier molecular flexibility index (Phi) is 73.8. The van der Waals surface area contributed by atoms with Crippen LogP contribution in [0, 0.1) is 35.6 Å². The molecule has 0 spiro atoms. The van der Waals surface area contributed by atoms with Gasteiger partial charge in [-0.25, -0.2) is 15.8 Å². The zero-order valence-corrected chi connectivity index (χ0v) is 9.73. The molecule has 13 heavy (non-hydrogen) atoms. The van der Waals surface area contributed by atoms with Crippen LogP contribution in [0.2, 0.25) is 0 Å². The van der Waals surface area contributed by atoms with Crippen LogP contribution in [0.3, 0.4) is 0 Å². The van der Waals surface area contributed by atoms with E-state index in [-0.39, 0.29) is 55.0 Å². The van der Waals surface area contributed by atoms with Crippen LogP contribution in [0.5, 0.6) is 0 Å². The van der Waals surface area contributed by atoms with Gasteiger partial charge in [0.1, 0.15) is 0 Å². The standard InChI is InChI=1S/3CH2O3.La/c3*2-1-4-3;/h3*1,3H;. The third-order valence-corrected chi connectivity index (χ3v) is 0.129. The van der Waals surface area contributed by atoms with Gasteiger partial charge in [0.05, 0.1) is 0 Å². The minimum atomic E-state index is -0.0694. The van der Waals surface area contributed by atoms with Crippen molar-refractivity contribution in [3.8, 4) is 0 Å². The molecule has 0 aliphatic carbocycles. The topological polar surface area (TPSA) is 140 Å². The number of carbonyl (C=O) groups excluding carboxylic acids is 3. The van der Waals surface area contributed by atoms with Crippen LogP contribution >= 0.6 is 0 Å². The molecule has 0 aromatic carbocycles. The minimum Gasteiger partial charge on any atom is -0.304 e. The predicted molar refractivity (Wildman–Crippen MR) is 29.3 cm³/mol. The van der Waals surface area contributed by atoms with Crippen LogP contribution in [-0.2, 0) is 29.0 Å². The van der Waals surface area contributed by atoms with E-state index in [1.807, 2.05) is 0 Å². The largest absolute Gasteiger partial charge is 0.330 e. The zero-order valence-electron chi connectivity index (χ0n) is 6.10. The van der Waals surface area contributed by atoms with E-state index < -0.39 is 0 Å². The molecule has 0 aliphatic heterocycles. The summed E-state index contributed by atoms with van der Waals surface area (Å²) in [7, 11) is 0. The minimum absolute atomic E-state index is 0. The molecule has 9 nitrogen and oxygen atoms in total. The van der Waals surface area contributed by atoms with Crippen molar-refractivity contribution in [1.82, 2.24) is 0 Å². The van der Waals surface area contributed by atoms with Crippen LogP contribution in [0.4, 0.5) is 0 Å². The van der Waals surface area contributed by atoms with E-state index in [1.165, 1.54) is 0 Å². The van der Waals surface area contributed by atoms with Crippen LogP contribution in [0.1, 0.15) is 0 Å². The van der Waals surface area contributed by atoms with Crippen LogP contribution in [0.25, 0.3) is 0 Å². The van der Waals surface area contributed by atoms with Crippen molar-refractivity contribution >= 4 is 19.4 Å². The Morgan fingerprint density at radius 3 is 0.769 bits per heavy atom. The SMILES string of the molecule is O=COO.O=COO.O=COO.[La]. The molecule has 0 saturated carbocycles. The van der Waals surface area contributed by atoms with Gasteiger partial charge < -0.3 is 14.7 Å². The summed E-state index contributed by atoms with van der Waals surface area (Å²) in [4.78, 5) is 34.7. The summed E-state index contributed by atoms with van der Waals surface area (Å²) in [6, 6.07) is 0. The Bertz CT molecular complexity index is 75.8. The summed E-state index contributed by atoms with van der Waals surface area (Å²) in [5, 5.41) is 21.0. The van der Waals surface area contributed by atoms with Gasteiger partial charge in [0.15, 0.2) is 0 Å². The Hall–Kier alpha value is -0.515. The smallest absolute Gasteiger partial charge is 0.304 e. The van der Waals surface area contributed by atoms with Gasteiger partial charge >= 0.3 is 19.4 Å². The van der Waals surface area contributed by atoms with Crippen molar-refractivity contribution in [1.29, 1.82) is 0 Å². The fourth-order valence-corrected chi connectivity index (χ4v) is 0. The maximum Gasteiger partial charge on any atom is 0.330 e. The second-order valence-corrected chi connectivity index (χ2v) is 0.605. The van der Waals surface area contributed by atoms with Gasteiger partial charge in [-0.1, -0.05) is 0 Å². The zero-order chi connectivity index (χ0) is 10.2. The van der Waals surface area contributed by atoms with Crippen LogP contribution < -0.4 is 0 Å².